The van der Waals surface area contributed by atoms with E-state index in [1.807, 2.05) is 6.07 Å². The van der Waals surface area contributed by atoms with Gasteiger partial charge in [-0.25, -0.2) is 4.68 Å². The Labute approximate surface area is 108 Å². The van der Waals surface area contributed by atoms with Gasteiger partial charge in [-0.1, -0.05) is 23.2 Å². The zero-order valence-electron chi connectivity index (χ0n) is 8.91. The van der Waals surface area contributed by atoms with E-state index in [-0.39, 0.29) is 5.82 Å². The highest BCUT2D eigenvalue weighted by atomic mass is 35.5. The highest BCUT2D eigenvalue weighted by Gasteiger charge is 2.15. The van der Waals surface area contributed by atoms with Gasteiger partial charge in [0, 0.05) is 5.02 Å². The van der Waals surface area contributed by atoms with Crippen LogP contribution in [0, 0.1) is 18.3 Å². The van der Waals surface area contributed by atoms with Crippen molar-refractivity contribution in [1.29, 1.82) is 5.26 Å². The maximum atomic E-state index is 8.94. The van der Waals surface area contributed by atoms with Gasteiger partial charge in [-0.3, -0.25) is 0 Å². The molecular weight excluding hydrogens is 259 g/mol. The molecule has 2 rings (SSSR count). The Morgan fingerprint density at radius 2 is 2.12 bits per heavy atom. The number of benzene rings is 1. The largest absolute Gasteiger partial charge is 0.382 e. The van der Waals surface area contributed by atoms with E-state index in [0.717, 1.165) is 0 Å². The summed E-state index contributed by atoms with van der Waals surface area (Å²) in [6, 6.07) is 6.98. The van der Waals surface area contributed by atoms with Crippen LogP contribution in [-0.2, 0) is 0 Å². The van der Waals surface area contributed by atoms with Crippen molar-refractivity contribution in [3.05, 3.63) is 39.5 Å². The third-order valence-electron chi connectivity index (χ3n) is 2.34. The molecule has 0 aliphatic heterocycles. The van der Waals surface area contributed by atoms with Crippen LogP contribution in [0.15, 0.2) is 18.2 Å². The number of nitrogen functional groups attached to an aromatic ring is 1. The molecule has 0 amide bonds. The lowest BCUT2D eigenvalue weighted by atomic mass is 10.2. The molecule has 0 bridgehead atoms. The summed E-state index contributed by atoms with van der Waals surface area (Å²) in [6.07, 6.45) is 0. The molecule has 0 atom stereocenters. The summed E-state index contributed by atoms with van der Waals surface area (Å²) in [5.74, 6) is 0.258. The van der Waals surface area contributed by atoms with Crippen LogP contribution in [0.25, 0.3) is 5.69 Å². The summed E-state index contributed by atoms with van der Waals surface area (Å²) in [5, 5.41) is 14.1. The Morgan fingerprint density at radius 1 is 1.41 bits per heavy atom. The SMILES string of the molecule is Cc1nn(-c2cc(Cl)ccc2Cl)c(N)c1C#N. The van der Waals surface area contributed by atoms with Crippen LogP contribution in [0.1, 0.15) is 11.3 Å². The molecule has 2 aromatic rings. The summed E-state index contributed by atoms with van der Waals surface area (Å²) >= 11 is 11.9. The van der Waals surface area contributed by atoms with Crippen molar-refractivity contribution in [3.8, 4) is 11.8 Å². The molecule has 1 aromatic carbocycles. The Balaban J connectivity index is 2.70. The van der Waals surface area contributed by atoms with Gasteiger partial charge in [0.05, 0.1) is 16.4 Å². The van der Waals surface area contributed by atoms with E-state index in [1.165, 1.54) is 4.68 Å². The number of halogens is 2. The second-order valence-electron chi connectivity index (χ2n) is 3.46. The summed E-state index contributed by atoms with van der Waals surface area (Å²) in [6.45, 7) is 1.71. The molecule has 1 aromatic heterocycles. The van der Waals surface area contributed by atoms with Crippen LogP contribution in [0.3, 0.4) is 0 Å². The normalized spacial score (nSPS) is 10.2. The molecule has 6 heteroatoms. The average molecular weight is 267 g/mol. The molecule has 86 valence electrons. The van der Waals surface area contributed by atoms with Gasteiger partial charge >= 0.3 is 0 Å². The van der Waals surface area contributed by atoms with Crippen LogP contribution < -0.4 is 5.73 Å². The lowest BCUT2D eigenvalue weighted by molar-refractivity contribution is 0.872. The van der Waals surface area contributed by atoms with Crippen LogP contribution in [-0.4, -0.2) is 9.78 Å². The highest BCUT2D eigenvalue weighted by molar-refractivity contribution is 6.34. The van der Waals surface area contributed by atoms with E-state index < -0.39 is 0 Å². The fourth-order valence-corrected chi connectivity index (χ4v) is 1.88. The van der Waals surface area contributed by atoms with E-state index >= 15 is 0 Å². The molecule has 0 aliphatic carbocycles. The third-order valence-corrected chi connectivity index (χ3v) is 2.90. The zero-order chi connectivity index (χ0) is 12.6. The minimum Gasteiger partial charge on any atom is -0.382 e. The van der Waals surface area contributed by atoms with Gasteiger partial charge in [-0.2, -0.15) is 10.4 Å². The van der Waals surface area contributed by atoms with Gasteiger partial charge in [0.2, 0.25) is 0 Å². The number of aromatic nitrogens is 2. The molecule has 0 saturated heterocycles. The minimum atomic E-state index is 0.258. The monoisotopic (exact) mass is 266 g/mol. The zero-order valence-corrected chi connectivity index (χ0v) is 10.4. The number of nitrogens with zero attached hydrogens (tertiary/aromatic N) is 3. The second-order valence-corrected chi connectivity index (χ2v) is 4.31. The Hall–Kier alpha value is -1.70. The fraction of sp³-hybridized carbons (Fsp3) is 0.0909. The van der Waals surface area contributed by atoms with Crippen molar-refractivity contribution < 1.29 is 0 Å². The van der Waals surface area contributed by atoms with E-state index in [0.29, 0.717) is 27.0 Å². The van der Waals surface area contributed by atoms with Gasteiger partial charge in [0.25, 0.3) is 0 Å². The van der Waals surface area contributed by atoms with Crippen molar-refractivity contribution in [2.24, 2.45) is 0 Å². The average Bonchev–Trinajstić information content (AvgIpc) is 2.57. The van der Waals surface area contributed by atoms with Gasteiger partial charge in [-0.05, 0) is 25.1 Å². The third kappa shape index (κ3) is 1.95. The van der Waals surface area contributed by atoms with Crippen molar-refractivity contribution in [2.75, 3.05) is 5.73 Å². The number of anilines is 1. The first-order valence-corrected chi connectivity index (χ1v) is 5.51. The summed E-state index contributed by atoms with van der Waals surface area (Å²) < 4.78 is 1.42. The molecule has 0 radical (unpaired) electrons. The first-order valence-electron chi connectivity index (χ1n) is 4.75. The minimum absolute atomic E-state index is 0.258. The van der Waals surface area contributed by atoms with Gasteiger partial charge < -0.3 is 5.73 Å². The van der Waals surface area contributed by atoms with Crippen molar-refractivity contribution in [2.45, 2.75) is 6.92 Å². The maximum Gasteiger partial charge on any atom is 0.145 e. The van der Waals surface area contributed by atoms with Crippen LogP contribution in [0.4, 0.5) is 5.82 Å². The lowest BCUT2D eigenvalue weighted by Gasteiger charge is -2.06. The van der Waals surface area contributed by atoms with Crippen molar-refractivity contribution >= 4 is 29.0 Å². The van der Waals surface area contributed by atoms with Gasteiger partial charge in [0.15, 0.2) is 0 Å². The molecule has 0 unspecified atom stereocenters. The Kier molecular flexibility index (Phi) is 2.97. The van der Waals surface area contributed by atoms with Gasteiger partial charge in [-0.15, -0.1) is 0 Å². The van der Waals surface area contributed by atoms with Crippen LogP contribution in [0.5, 0.6) is 0 Å². The van der Waals surface area contributed by atoms with E-state index in [4.69, 9.17) is 34.2 Å². The molecule has 17 heavy (non-hydrogen) atoms. The quantitative estimate of drug-likeness (QED) is 0.863. The molecule has 0 spiro atoms. The topological polar surface area (TPSA) is 67.6 Å². The van der Waals surface area contributed by atoms with Crippen LogP contribution in [0.2, 0.25) is 10.0 Å². The van der Waals surface area contributed by atoms with E-state index in [2.05, 4.69) is 5.10 Å². The number of aryl methyl sites for hydroxylation is 1. The first kappa shape index (κ1) is 11.8. The maximum absolute atomic E-state index is 8.94. The summed E-state index contributed by atoms with van der Waals surface area (Å²) in [7, 11) is 0. The number of rotatable bonds is 1. The Morgan fingerprint density at radius 3 is 2.71 bits per heavy atom. The molecule has 0 aliphatic rings. The van der Waals surface area contributed by atoms with Gasteiger partial charge in [0.1, 0.15) is 17.5 Å². The summed E-state index contributed by atoms with van der Waals surface area (Å²) in [5.41, 5.74) is 7.30. The molecule has 0 saturated carbocycles. The smallest absolute Gasteiger partial charge is 0.145 e. The lowest BCUT2D eigenvalue weighted by Crippen LogP contribution is -2.03. The fourth-order valence-electron chi connectivity index (χ4n) is 1.52. The number of nitriles is 1. The summed E-state index contributed by atoms with van der Waals surface area (Å²) in [4.78, 5) is 0. The second kappa shape index (κ2) is 4.28. The van der Waals surface area contributed by atoms with E-state index in [9.17, 15) is 0 Å². The predicted molar refractivity (Wildman–Crippen MR) is 67.4 cm³/mol. The standard InChI is InChI=1S/C11H8Cl2N4/c1-6-8(5-14)11(15)17(16-6)10-4-7(12)2-3-9(10)13/h2-4H,15H2,1H3. The first-order chi connectivity index (χ1) is 8.04. The molecule has 0 fully saturated rings. The number of hydrogen-bond donors (Lipinski definition) is 1. The highest BCUT2D eigenvalue weighted by Crippen LogP contribution is 2.27. The molecule has 1 heterocycles. The molecular formula is C11H8Cl2N4. The molecule has 2 N–H and O–H groups in total. The Bertz CT molecular complexity index is 625. The van der Waals surface area contributed by atoms with Crippen LogP contribution >= 0.6 is 23.2 Å². The van der Waals surface area contributed by atoms with Crippen molar-refractivity contribution in [1.82, 2.24) is 9.78 Å². The predicted octanol–water partition coefficient (Wildman–Crippen LogP) is 2.94. The number of hydrogen-bond acceptors (Lipinski definition) is 3. The van der Waals surface area contributed by atoms with E-state index in [1.54, 1.807) is 25.1 Å². The van der Waals surface area contributed by atoms with Crippen molar-refractivity contribution in [3.63, 3.8) is 0 Å². The number of nitrogens with two attached hydrogens (primary N) is 1. The molecule has 4 nitrogen and oxygen atoms in total.